The summed E-state index contributed by atoms with van der Waals surface area (Å²) in [5, 5.41) is 7.46. The lowest BCUT2D eigenvalue weighted by molar-refractivity contribution is -0.123. The SMILES string of the molecule is Cc1nccn1-c1ccc(CNC(=O)C(Cc2ccccc2)NC(=O)c2cccs2)cc1F. The number of hydrogen-bond donors (Lipinski definition) is 2. The minimum absolute atomic E-state index is 0.138. The van der Waals surface area contributed by atoms with E-state index in [-0.39, 0.29) is 18.4 Å². The summed E-state index contributed by atoms with van der Waals surface area (Å²) in [7, 11) is 0. The summed E-state index contributed by atoms with van der Waals surface area (Å²) in [6.07, 6.45) is 3.65. The van der Waals surface area contributed by atoms with Crippen molar-refractivity contribution >= 4 is 23.2 Å². The highest BCUT2D eigenvalue weighted by atomic mass is 32.1. The molecule has 0 aliphatic carbocycles. The predicted octanol–water partition coefficient (Wildman–Crippen LogP) is 4.04. The maximum atomic E-state index is 14.7. The van der Waals surface area contributed by atoms with Gasteiger partial charge in [-0.1, -0.05) is 42.5 Å². The second kappa shape index (κ2) is 10.2. The molecule has 1 atom stereocenters. The second-order valence-electron chi connectivity index (χ2n) is 7.54. The quantitative estimate of drug-likeness (QED) is 0.415. The highest BCUT2D eigenvalue weighted by Gasteiger charge is 2.22. The molecule has 0 radical (unpaired) electrons. The predicted molar refractivity (Wildman–Crippen MR) is 126 cm³/mol. The molecule has 8 heteroatoms. The van der Waals surface area contributed by atoms with Crippen LogP contribution in [0.3, 0.4) is 0 Å². The van der Waals surface area contributed by atoms with Crippen LogP contribution in [0.15, 0.2) is 78.4 Å². The zero-order valence-corrected chi connectivity index (χ0v) is 18.8. The Balaban J connectivity index is 1.45. The number of hydrogen-bond acceptors (Lipinski definition) is 4. The van der Waals surface area contributed by atoms with Crippen LogP contribution in [0.1, 0.15) is 26.6 Å². The molecule has 2 heterocycles. The van der Waals surface area contributed by atoms with Crippen molar-refractivity contribution in [1.82, 2.24) is 20.2 Å². The van der Waals surface area contributed by atoms with Crippen LogP contribution in [0.5, 0.6) is 0 Å². The Kier molecular flexibility index (Phi) is 6.95. The van der Waals surface area contributed by atoms with Crippen LogP contribution >= 0.6 is 11.3 Å². The van der Waals surface area contributed by atoms with Crippen molar-refractivity contribution < 1.29 is 14.0 Å². The molecule has 2 N–H and O–H groups in total. The van der Waals surface area contributed by atoms with Crippen LogP contribution in [0.25, 0.3) is 5.69 Å². The average Bonchev–Trinajstić information content (AvgIpc) is 3.50. The summed E-state index contributed by atoms with van der Waals surface area (Å²) in [4.78, 5) is 30.2. The molecule has 4 rings (SSSR count). The summed E-state index contributed by atoms with van der Waals surface area (Å²) in [5.41, 5.74) is 1.94. The van der Waals surface area contributed by atoms with E-state index in [4.69, 9.17) is 0 Å². The Labute approximate surface area is 195 Å². The molecule has 2 amide bonds. The molecule has 4 aromatic rings. The molecule has 168 valence electrons. The molecule has 0 saturated carbocycles. The Hall–Kier alpha value is -3.78. The van der Waals surface area contributed by atoms with Gasteiger partial charge in [-0.25, -0.2) is 9.37 Å². The number of aryl methyl sites for hydroxylation is 1. The number of thiophene rings is 1. The summed E-state index contributed by atoms with van der Waals surface area (Å²) in [6, 6.07) is 17.0. The summed E-state index contributed by atoms with van der Waals surface area (Å²) in [6.45, 7) is 1.93. The van der Waals surface area contributed by atoms with E-state index in [0.29, 0.717) is 28.4 Å². The van der Waals surface area contributed by atoms with E-state index in [0.717, 1.165) is 5.56 Å². The Morgan fingerprint density at radius 1 is 1.09 bits per heavy atom. The van der Waals surface area contributed by atoms with Gasteiger partial charge in [0.1, 0.15) is 17.7 Å². The third kappa shape index (κ3) is 5.53. The van der Waals surface area contributed by atoms with Gasteiger partial charge >= 0.3 is 0 Å². The zero-order valence-electron chi connectivity index (χ0n) is 18.0. The van der Waals surface area contributed by atoms with Crippen molar-refractivity contribution in [1.29, 1.82) is 0 Å². The van der Waals surface area contributed by atoms with Gasteiger partial charge in [0.25, 0.3) is 5.91 Å². The number of carbonyl (C=O) groups excluding carboxylic acids is 2. The van der Waals surface area contributed by atoms with Gasteiger partial charge in [-0.2, -0.15) is 0 Å². The smallest absolute Gasteiger partial charge is 0.262 e. The Morgan fingerprint density at radius 3 is 2.58 bits per heavy atom. The Morgan fingerprint density at radius 2 is 1.91 bits per heavy atom. The molecule has 1 unspecified atom stereocenters. The third-order valence-electron chi connectivity index (χ3n) is 5.21. The molecule has 0 bridgehead atoms. The van der Waals surface area contributed by atoms with E-state index in [1.165, 1.54) is 17.4 Å². The van der Waals surface area contributed by atoms with Gasteiger partial charge in [-0.3, -0.25) is 9.59 Å². The van der Waals surface area contributed by atoms with E-state index in [1.54, 1.807) is 48.1 Å². The highest BCUT2D eigenvalue weighted by Crippen LogP contribution is 2.17. The van der Waals surface area contributed by atoms with Gasteiger partial charge in [-0.05, 0) is 41.6 Å². The number of aromatic nitrogens is 2. The van der Waals surface area contributed by atoms with Crippen molar-refractivity contribution in [2.45, 2.75) is 25.9 Å². The fraction of sp³-hybridized carbons (Fsp3) is 0.160. The van der Waals surface area contributed by atoms with Crippen LogP contribution in [0.2, 0.25) is 0 Å². The van der Waals surface area contributed by atoms with Crippen LogP contribution in [-0.4, -0.2) is 27.4 Å². The first-order valence-corrected chi connectivity index (χ1v) is 11.3. The molecule has 0 aliphatic rings. The van der Waals surface area contributed by atoms with Gasteiger partial charge < -0.3 is 15.2 Å². The summed E-state index contributed by atoms with van der Waals surface area (Å²) < 4.78 is 16.3. The number of nitrogens with zero attached hydrogens (tertiary/aromatic N) is 2. The standard InChI is InChI=1S/C25H23FN4O2S/c1-17-27-11-12-30(17)22-10-9-19(14-20(22)26)16-28-24(31)21(15-18-6-3-2-4-7-18)29-25(32)23-8-5-13-33-23/h2-14,21H,15-16H2,1H3,(H,28,31)(H,29,32). The first-order valence-electron chi connectivity index (χ1n) is 10.5. The monoisotopic (exact) mass is 462 g/mol. The molecular weight excluding hydrogens is 439 g/mol. The summed E-state index contributed by atoms with van der Waals surface area (Å²) in [5.74, 6) is -0.360. The number of amides is 2. The van der Waals surface area contributed by atoms with E-state index >= 15 is 0 Å². The lowest BCUT2D eigenvalue weighted by Crippen LogP contribution is -2.47. The maximum Gasteiger partial charge on any atom is 0.262 e. The van der Waals surface area contributed by atoms with Crippen LogP contribution < -0.4 is 10.6 Å². The molecule has 0 saturated heterocycles. The minimum Gasteiger partial charge on any atom is -0.350 e. The fourth-order valence-electron chi connectivity index (χ4n) is 3.50. The van der Waals surface area contributed by atoms with Gasteiger partial charge in [0, 0.05) is 25.4 Å². The maximum absolute atomic E-state index is 14.7. The van der Waals surface area contributed by atoms with Gasteiger partial charge in [0.05, 0.1) is 10.6 Å². The number of carbonyl (C=O) groups is 2. The molecule has 2 aromatic carbocycles. The molecule has 33 heavy (non-hydrogen) atoms. The second-order valence-corrected chi connectivity index (χ2v) is 8.49. The topological polar surface area (TPSA) is 76.0 Å². The largest absolute Gasteiger partial charge is 0.350 e. The van der Waals surface area contributed by atoms with Gasteiger partial charge in [-0.15, -0.1) is 11.3 Å². The summed E-state index contributed by atoms with van der Waals surface area (Å²) >= 11 is 1.31. The molecule has 0 spiro atoms. The zero-order chi connectivity index (χ0) is 23.2. The highest BCUT2D eigenvalue weighted by molar-refractivity contribution is 7.12. The van der Waals surface area contributed by atoms with Crippen molar-refractivity contribution in [3.63, 3.8) is 0 Å². The van der Waals surface area contributed by atoms with E-state index in [2.05, 4.69) is 15.6 Å². The van der Waals surface area contributed by atoms with Crippen LogP contribution in [0, 0.1) is 12.7 Å². The third-order valence-corrected chi connectivity index (χ3v) is 6.08. The normalized spacial score (nSPS) is 11.7. The van der Waals surface area contributed by atoms with Crippen molar-refractivity contribution in [2.24, 2.45) is 0 Å². The Bertz CT molecular complexity index is 1240. The van der Waals surface area contributed by atoms with Crippen molar-refractivity contribution in [3.05, 3.63) is 106 Å². The molecular formula is C25H23FN4O2S. The lowest BCUT2D eigenvalue weighted by Gasteiger charge is -2.18. The van der Waals surface area contributed by atoms with E-state index < -0.39 is 11.9 Å². The first kappa shape index (κ1) is 22.4. The number of imidazole rings is 1. The van der Waals surface area contributed by atoms with Gasteiger partial charge in [0.15, 0.2) is 0 Å². The van der Waals surface area contributed by atoms with Gasteiger partial charge in [0.2, 0.25) is 5.91 Å². The van der Waals surface area contributed by atoms with Crippen LogP contribution in [-0.2, 0) is 17.8 Å². The first-order chi connectivity index (χ1) is 16.0. The van der Waals surface area contributed by atoms with Crippen molar-refractivity contribution in [3.8, 4) is 5.69 Å². The number of nitrogens with one attached hydrogen (secondary N) is 2. The number of benzene rings is 2. The van der Waals surface area contributed by atoms with E-state index in [1.807, 2.05) is 35.7 Å². The fourth-order valence-corrected chi connectivity index (χ4v) is 4.12. The molecule has 0 fully saturated rings. The van der Waals surface area contributed by atoms with Crippen LogP contribution in [0.4, 0.5) is 4.39 Å². The molecule has 0 aliphatic heterocycles. The number of rotatable bonds is 8. The average molecular weight is 463 g/mol. The molecule has 6 nitrogen and oxygen atoms in total. The van der Waals surface area contributed by atoms with Crippen molar-refractivity contribution in [2.75, 3.05) is 0 Å². The molecule has 2 aromatic heterocycles. The number of halogens is 1. The van der Waals surface area contributed by atoms with E-state index in [9.17, 15) is 14.0 Å². The lowest BCUT2D eigenvalue weighted by atomic mass is 10.0. The minimum atomic E-state index is -0.764.